The second-order valence-corrected chi connectivity index (χ2v) is 5.38. The van der Waals surface area contributed by atoms with Crippen LogP contribution >= 0.6 is 0 Å². The summed E-state index contributed by atoms with van der Waals surface area (Å²) >= 11 is 0. The molecule has 0 bridgehead atoms. The second kappa shape index (κ2) is 6.04. The molecule has 0 N–H and O–H groups in total. The Hall–Kier alpha value is -1.23. The molecule has 0 aliphatic carbocycles. The first kappa shape index (κ1) is 15.2. The first-order valence-electron chi connectivity index (χ1n) is 7.06. The highest BCUT2D eigenvalue weighted by molar-refractivity contribution is 5.52. The molecule has 0 radical (unpaired) electrons. The zero-order valence-electron chi connectivity index (χ0n) is 12.0. The van der Waals surface area contributed by atoms with E-state index in [4.69, 9.17) is 0 Å². The summed E-state index contributed by atoms with van der Waals surface area (Å²) in [5.74, 6) is 0. The average Bonchev–Trinajstić information content (AvgIpc) is 2.38. The van der Waals surface area contributed by atoms with Crippen LogP contribution in [0.2, 0.25) is 0 Å². The molecule has 5 heteroatoms. The van der Waals surface area contributed by atoms with Gasteiger partial charge in [0, 0.05) is 31.9 Å². The van der Waals surface area contributed by atoms with Crippen molar-refractivity contribution in [2.45, 2.75) is 26.4 Å². The molecule has 1 aliphatic heterocycles. The van der Waals surface area contributed by atoms with Crippen molar-refractivity contribution in [1.82, 2.24) is 4.90 Å². The summed E-state index contributed by atoms with van der Waals surface area (Å²) in [4.78, 5) is 4.41. The third-order valence-corrected chi connectivity index (χ3v) is 3.67. The van der Waals surface area contributed by atoms with Gasteiger partial charge in [0.2, 0.25) is 0 Å². The molecule has 0 aromatic heterocycles. The van der Waals surface area contributed by atoms with Crippen LogP contribution in [-0.4, -0.2) is 37.6 Å². The van der Waals surface area contributed by atoms with Crippen LogP contribution in [-0.2, 0) is 6.18 Å². The zero-order chi connectivity index (χ0) is 14.8. The first-order valence-corrected chi connectivity index (χ1v) is 7.06. The Kier molecular flexibility index (Phi) is 4.58. The first-order chi connectivity index (χ1) is 9.40. The molecule has 1 aliphatic rings. The Morgan fingerprint density at radius 3 is 2.25 bits per heavy atom. The van der Waals surface area contributed by atoms with E-state index in [1.54, 1.807) is 6.92 Å². The van der Waals surface area contributed by atoms with Crippen LogP contribution in [0, 0.1) is 6.92 Å². The van der Waals surface area contributed by atoms with Gasteiger partial charge in [0.25, 0.3) is 0 Å². The minimum atomic E-state index is -4.27. The summed E-state index contributed by atoms with van der Waals surface area (Å²) in [6.07, 6.45) is -3.16. The summed E-state index contributed by atoms with van der Waals surface area (Å²) in [6.45, 7) is 8.35. The second-order valence-electron chi connectivity index (χ2n) is 5.38. The Bertz CT molecular complexity index is 449. The molecule has 2 rings (SSSR count). The van der Waals surface area contributed by atoms with Crippen LogP contribution in [0.3, 0.4) is 0 Å². The molecule has 1 aromatic carbocycles. The molecule has 1 heterocycles. The molecule has 1 aromatic rings. The SMILES string of the molecule is CCCN1CCN(c2cc(C)cc(C(F)(F)F)c2)CC1. The molecule has 0 saturated carbocycles. The normalized spacial score (nSPS) is 17.6. The summed E-state index contributed by atoms with van der Waals surface area (Å²) in [7, 11) is 0. The Balaban J connectivity index is 2.12. The fourth-order valence-corrected chi connectivity index (χ4v) is 2.66. The number of hydrogen-bond acceptors (Lipinski definition) is 2. The standard InChI is InChI=1S/C15H21F3N2/c1-3-4-19-5-7-20(8-6-19)14-10-12(2)9-13(11-14)15(16,17)18/h9-11H,3-8H2,1-2H3. The number of rotatable bonds is 3. The maximum atomic E-state index is 12.9. The number of anilines is 1. The van der Waals surface area contributed by atoms with Crippen LogP contribution < -0.4 is 4.90 Å². The molecule has 1 fully saturated rings. The third kappa shape index (κ3) is 3.66. The van der Waals surface area contributed by atoms with Gasteiger partial charge in [-0.2, -0.15) is 13.2 Å². The van der Waals surface area contributed by atoms with E-state index in [1.165, 1.54) is 12.1 Å². The zero-order valence-corrected chi connectivity index (χ0v) is 12.0. The van der Waals surface area contributed by atoms with E-state index in [9.17, 15) is 13.2 Å². The number of hydrogen-bond donors (Lipinski definition) is 0. The summed E-state index contributed by atoms with van der Waals surface area (Å²) in [6, 6.07) is 4.31. The van der Waals surface area contributed by atoms with Crippen LogP contribution in [0.25, 0.3) is 0 Å². The summed E-state index contributed by atoms with van der Waals surface area (Å²) in [5.41, 5.74) is 0.794. The molecule has 2 nitrogen and oxygen atoms in total. The van der Waals surface area contributed by atoms with Crippen LogP contribution in [0.15, 0.2) is 18.2 Å². The van der Waals surface area contributed by atoms with Crippen molar-refractivity contribution in [2.75, 3.05) is 37.6 Å². The van der Waals surface area contributed by atoms with E-state index in [2.05, 4.69) is 16.7 Å². The molecule has 20 heavy (non-hydrogen) atoms. The van der Waals surface area contributed by atoms with Gasteiger partial charge in [-0.25, -0.2) is 0 Å². The van der Waals surface area contributed by atoms with Gasteiger partial charge in [-0.1, -0.05) is 6.92 Å². The lowest BCUT2D eigenvalue weighted by Gasteiger charge is -2.36. The number of piperazine rings is 1. The Labute approximate surface area is 118 Å². The molecular weight excluding hydrogens is 265 g/mol. The number of aryl methyl sites for hydroxylation is 1. The fraction of sp³-hybridized carbons (Fsp3) is 0.600. The molecule has 0 amide bonds. The van der Waals surface area contributed by atoms with E-state index in [0.29, 0.717) is 11.3 Å². The molecule has 0 spiro atoms. The number of nitrogens with zero attached hydrogens (tertiary/aromatic N) is 2. The van der Waals surface area contributed by atoms with Crippen molar-refractivity contribution < 1.29 is 13.2 Å². The monoisotopic (exact) mass is 286 g/mol. The largest absolute Gasteiger partial charge is 0.416 e. The smallest absolute Gasteiger partial charge is 0.369 e. The minimum Gasteiger partial charge on any atom is -0.369 e. The van der Waals surface area contributed by atoms with Gasteiger partial charge >= 0.3 is 6.18 Å². The van der Waals surface area contributed by atoms with Gasteiger partial charge in [0.15, 0.2) is 0 Å². The highest BCUT2D eigenvalue weighted by atomic mass is 19.4. The van der Waals surface area contributed by atoms with Crippen molar-refractivity contribution >= 4 is 5.69 Å². The van der Waals surface area contributed by atoms with E-state index < -0.39 is 11.7 Å². The minimum absolute atomic E-state index is 0.552. The Morgan fingerprint density at radius 1 is 1.05 bits per heavy atom. The van der Waals surface area contributed by atoms with Crippen molar-refractivity contribution in [2.24, 2.45) is 0 Å². The van der Waals surface area contributed by atoms with Gasteiger partial charge < -0.3 is 4.90 Å². The van der Waals surface area contributed by atoms with Crippen LogP contribution in [0.4, 0.5) is 18.9 Å². The fourth-order valence-electron chi connectivity index (χ4n) is 2.66. The van der Waals surface area contributed by atoms with Crippen molar-refractivity contribution in [3.8, 4) is 0 Å². The van der Waals surface area contributed by atoms with E-state index >= 15 is 0 Å². The van der Waals surface area contributed by atoms with E-state index in [0.717, 1.165) is 39.1 Å². The number of benzene rings is 1. The van der Waals surface area contributed by atoms with Gasteiger partial charge in [-0.05, 0) is 43.7 Å². The van der Waals surface area contributed by atoms with E-state index in [-0.39, 0.29) is 0 Å². The predicted octanol–water partition coefficient (Wildman–Crippen LogP) is 3.55. The number of halogens is 3. The molecule has 1 saturated heterocycles. The molecular formula is C15H21F3N2. The Morgan fingerprint density at radius 2 is 1.70 bits per heavy atom. The van der Waals surface area contributed by atoms with Crippen molar-refractivity contribution in [3.63, 3.8) is 0 Å². The van der Waals surface area contributed by atoms with Crippen molar-refractivity contribution in [3.05, 3.63) is 29.3 Å². The lowest BCUT2D eigenvalue weighted by molar-refractivity contribution is -0.137. The maximum Gasteiger partial charge on any atom is 0.416 e. The molecule has 0 atom stereocenters. The third-order valence-electron chi connectivity index (χ3n) is 3.67. The molecule has 112 valence electrons. The number of alkyl halides is 3. The highest BCUT2D eigenvalue weighted by Crippen LogP contribution is 2.33. The average molecular weight is 286 g/mol. The maximum absolute atomic E-state index is 12.9. The van der Waals surface area contributed by atoms with Gasteiger partial charge in [-0.15, -0.1) is 0 Å². The van der Waals surface area contributed by atoms with Crippen LogP contribution in [0.1, 0.15) is 24.5 Å². The van der Waals surface area contributed by atoms with Crippen molar-refractivity contribution in [1.29, 1.82) is 0 Å². The highest BCUT2D eigenvalue weighted by Gasteiger charge is 2.31. The quantitative estimate of drug-likeness (QED) is 0.838. The summed E-state index contributed by atoms with van der Waals surface area (Å²) in [5, 5.41) is 0. The molecule has 0 unspecified atom stereocenters. The van der Waals surface area contributed by atoms with E-state index in [1.807, 2.05) is 6.07 Å². The van der Waals surface area contributed by atoms with Gasteiger partial charge in [0.05, 0.1) is 5.56 Å². The topological polar surface area (TPSA) is 6.48 Å². The van der Waals surface area contributed by atoms with Gasteiger partial charge in [0.1, 0.15) is 0 Å². The lowest BCUT2D eigenvalue weighted by Crippen LogP contribution is -2.46. The predicted molar refractivity (Wildman–Crippen MR) is 75.1 cm³/mol. The summed E-state index contributed by atoms with van der Waals surface area (Å²) < 4.78 is 38.6. The van der Waals surface area contributed by atoms with Gasteiger partial charge in [-0.3, -0.25) is 4.90 Å². The van der Waals surface area contributed by atoms with Crippen LogP contribution in [0.5, 0.6) is 0 Å². The lowest BCUT2D eigenvalue weighted by atomic mass is 10.1.